The second-order valence-corrected chi connectivity index (χ2v) is 21.5. The molecule has 0 radical (unpaired) electrons. The van der Waals surface area contributed by atoms with Gasteiger partial charge in [-0.3, -0.25) is 0 Å². The van der Waals surface area contributed by atoms with Gasteiger partial charge in [0, 0.05) is 30.3 Å². The number of hydrogen-bond donors (Lipinski definition) is 0. The van der Waals surface area contributed by atoms with Crippen molar-refractivity contribution in [2.24, 2.45) is 0 Å². The molecule has 2 aromatic heterocycles. The zero-order valence-electron chi connectivity index (χ0n) is 39.2. The van der Waals surface area contributed by atoms with Crippen molar-refractivity contribution in [3.05, 3.63) is 130 Å². The van der Waals surface area contributed by atoms with E-state index < -0.39 is 0 Å². The fraction of sp³-hybridized carbons (Fsp3) is 0.467. The van der Waals surface area contributed by atoms with Gasteiger partial charge in [-0.2, -0.15) is 0 Å². The molecule has 6 aromatic rings. The Hall–Kier alpha value is -3.72. The van der Waals surface area contributed by atoms with E-state index in [2.05, 4.69) is 139 Å². The van der Waals surface area contributed by atoms with Gasteiger partial charge in [0.2, 0.25) is 0 Å². The minimum absolute atomic E-state index is 0.107. The van der Waals surface area contributed by atoms with E-state index in [1.165, 1.54) is 192 Å². The van der Waals surface area contributed by atoms with Crippen molar-refractivity contribution in [1.82, 2.24) is 0 Å². The second kappa shape index (κ2) is 20.4. The van der Waals surface area contributed by atoms with Gasteiger partial charge in [-0.1, -0.05) is 202 Å². The molecule has 0 nitrogen and oxygen atoms in total. The molecule has 8 rings (SSSR count). The molecule has 2 heterocycles. The Morgan fingerprint density at radius 2 is 0.629 bits per heavy atom. The number of unbranched alkanes of at least 4 members (excludes halogenated alkanes) is 12. The van der Waals surface area contributed by atoms with Crippen molar-refractivity contribution < 1.29 is 0 Å². The zero-order valence-corrected chi connectivity index (χ0v) is 40.8. The van der Waals surface area contributed by atoms with Crippen LogP contribution in [-0.4, -0.2) is 0 Å². The predicted molar refractivity (Wildman–Crippen MR) is 275 cm³/mol. The molecular formula is C60H74S2. The van der Waals surface area contributed by atoms with E-state index in [1.54, 1.807) is 22.3 Å². The summed E-state index contributed by atoms with van der Waals surface area (Å²) < 4.78 is 0. The van der Waals surface area contributed by atoms with Crippen molar-refractivity contribution in [2.45, 2.75) is 181 Å². The number of aryl methyl sites for hydroxylation is 2. The first-order chi connectivity index (χ1) is 30.4. The normalized spacial score (nSPS) is 14.2. The van der Waals surface area contributed by atoms with Crippen LogP contribution < -0.4 is 0 Å². The maximum absolute atomic E-state index is 2.63. The Balaban J connectivity index is 1.11. The van der Waals surface area contributed by atoms with Crippen LogP contribution >= 0.6 is 22.7 Å². The Morgan fingerprint density at radius 3 is 0.968 bits per heavy atom. The average Bonchev–Trinajstić information content (AvgIpc) is 4.08. The van der Waals surface area contributed by atoms with Crippen LogP contribution in [0.3, 0.4) is 0 Å². The average molecular weight is 859 g/mol. The van der Waals surface area contributed by atoms with E-state index in [0.29, 0.717) is 0 Å². The van der Waals surface area contributed by atoms with Crippen LogP contribution in [0.2, 0.25) is 0 Å². The Morgan fingerprint density at radius 1 is 0.323 bits per heavy atom. The second-order valence-electron chi connectivity index (χ2n) is 19.4. The highest BCUT2D eigenvalue weighted by molar-refractivity contribution is 7.25. The number of fused-ring (bicyclic) bond motifs is 6. The number of thiophene rings is 2. The third-order valence-electron chi connectivity index (χ3n) is 14.9. The first-order valence-corrected chi connectivity index (χ1v) is 26.7. The smallest absolute Gasteiger partial charge is 0.0449 e. The molecule has 0 N–H and O–H groups in total. The van der Waals surface area contributed by atoms with E-state index >= 15 is 0 Å². The van der Waals surface area contributed by atoms with Gasteiger partial charge in [-0.25, -0.2) is 0 Å². The largest absolute Gasteiger partial charge is 0.134 e. The third kappa shape index (κ3) is 8.99. The van der Waals surface area contributed by atoms with Crippen molar-refractivity contribution in [3.63, 3.8) is 0 Å². The van der Waals surface area contributed by atoms with Gasteiger partial charge >= 0.3 is 0 Å². The Labute approximate surface area is 384 Å². The standard InChI is InChI=1S/C60H74S2/c1-7-11-15-19-35-59(36-20-16-12-8-2)51-39-43(5)23-27-47(51)49-29-25-45(41-53(49)59)55-31-33-57(61-55)58-34-32-56(62-58)46-26-30-50-48-28-24-44(6)40-52(48)60(54(50)42-46,37-21-17-13-9-3)38-22-18-14-10-4/h23-34,39-42H,7-22,35-38H2,1-6H3. The van der Waals surface area contributed by atoms with E-state index in [0.717, 1.165) is 0 Å². The first-order valence-electron chi connectivity index (χ1n) is 25.1. The van der Waals surface area contributed by atoms with Gasteiger partial charge in [0.05, 0.1) is 0 Å². The monoisotopic (exact) mass is 859 g/mol. The summed E-state index contributed by atoms with van der Waals surface area (Å²) in [7, 11) is 0. The maximum Gasteiger partial charge on any atom is 0.0449 e. The lowest BCUT2D eigenvalue weighted by atomic mass is 9.70. The Bertz CT molecular complexity index is 2220. The summed E-state index contributed by atoms with van der Waals surface area (Å²) in [6, 6.07) is 39.3. The van der Waals surface area contributed by atoms with Crippen molar-refractivity contribution >= 4 is 22.7 Å². The van der Waals surface area contributed by atoms with E-state index in [1.807, 2.05) is 22.7 Å². The topological polar surface area (TPSA) is 0 Å². The number of hydrogen-bond acceptors (Lipinski definition) is 2. The molecule has 0 bridgehead atoms. The van der Waals surface area contributed by atoms with Crippen LogP contribution in [0.1, 0.15) is 189 Å². The first kappa shape index (κ1) is 44.9. The molecule has 0 saturated carbocycles. The molecule has 62 heavy (non-hydrogen) atoms. The highest BCUT2D eigenvalue weighted by atomic mass is 32.1. The molecule has 0 fully saturated rings. The van der Waals surface area contributed by atoms with Crippen LogP contribution in [0, 0.1) is 13.8 Å². The quantitative estimate of drug-likeness (QED) is 0.0563. The van der Waals surface area contributed by atoms with Crippen LogP contribution in [0.25, 0.3) is 52.9 Å². The van der Waals surface area contributed by atoms with E-state index in [4.69, 9.17) is 0 Å². The molecule has 0 spiro atoms. The van der Waals surface area contributed by atoms with Gasteiger partial charge < -0.3 is 0 Å². The van der Waals surface area contributed by atoms with Gasteiger partial charge in [-0.05, 0) is 132 Å². The number of benzene rings is 4. The summed E-state index contributed by atoms with van der Waals surface area (Å²) in [5.74, 6) is 0. The summed E-state index contributed by atoms with van der Waals surface area (Å²) in [5.41, 5.74) is 18.1. The molecule has 0 atom stereocenters. The molecule has 326 valence electrons. The molecule has 2 aliphatic rings. The van der Waals surface area contributed by atoms with Crippen molar-refractivity contribution in [2.75, 3.05) is 0 Å². The van der Waals surface area contributed by atoms with E-state index in [-0.39, 0.29) is 10.8 Å². The molecule has 0 unspecified atom stereocenters. The lowest BCUT2D eigenvalue weighted by molar-refractivity contribution is 0.401. The fourth-order valence-corrected chi connectivity index (χ4v) is 13.6. The lowest BCUT2D eigenvalue weighted by Gasteiger charge is -2.33. The van der Waals surface area contributed by atoms with Crippen LogP contribution in [0.5, 0.6) is 0 Å². The van der Waals surface area contributed by atoms with Crippen molar-refractivity contribution in [3.8, 4) is 52.9 Å². The highest BCUT2D eigenvalue weighted by Gasteiger charge is 2.44. The summed E-state index contributed by atoms with van der Waals surface area (Å²) in [4.78, 5) is 5.53. The molecule has 0 saturated heterocycles. The van der Waals surface area contributed by atoms with Gasteiger partial charge in [-0.15, -0.1) is 22.7 Å². The SMILES string of the molecule is CCCCCCC1(CCCCCC)c2cc(C)ccc2-c2ccc(-c3ccc(-c4ccc(-c5ccc6c(c5)C(CCCCCC)(CCCCCC)c5cc(C)ccc5-6)s4)s3)cc21. The molecule has 4 aromatic carbocycles. The molecular weight excluding hydrogens is 785 g/mol. The molecule has 0 amide bonds. The van der Waals surface area contributed by atoms with Crippen LogP contribution in [-0.2, 0) is 10.8 Å². The Kier molecular flexibility index (Phi) is 14.8. The third-order valence-corrected chi connectivity index (χ3v) is 17.3. The van der Waals surface area contributed by atoms with Crippen LogP contribution in [0.15, 0.2) is 97.1 Å². The highest BCUT2D eigenvalue weighted by Crippen LogP contribution is 2.57. The van der Waals surface area contributed by atoms with Gasteiger partial charge in [0.15, 0.2) is 0 Å². The zero-order chi connectivity index (χ0) is 43.1. The minimum Gasteiger partial charge on any atom is -0.134 e. The number of rotatable bonds is 23. The summed E-state index contributed by atoms with van der Waals surface area (Å²) in [5, 5.41) is 0. The summed E-state index contributed by atoms with van der Waals surface area (Å²) in [6.07, 6.45) is 26.0. The van der Waals surface area contributed by atoms with Crippen molar-refractivity contribution in [1.29, 1.82) is 0 Å². The fourth-order valence-electron chi connectivity index (χ4n) is 11.5. The predicted octanol–water partition coefficient (Wildman–Crippen LogP) is 19.8. The maximum atomic E-state index is 2.63. The molecule has 2 aliphatic carbocycles. The van der Waals surface area contributed by atoms with Crippen LogP contribution in [0.4, 0.5) is 0 Å². The van der Waals surface area contributed by atoms with Gasteiger partial charge in [0.25, 0.3) is 0 Å². The molecule has 2 heteroatoms. The van der Waals surface area contributed by atoms with Gasteiger partial charge in [0.1, 0.15) is 0 Å². The summed E-state index contributed by atoms with van der Waals surface area (Å²) in [6.45, 7) is 13.9. The molecule has 0 aliphatic heterocycles. The lowest BCUT2D eigenvalue weighted by Crippen LogP contribution is -2.25. The minimum atomic E-state index is 0.107. The van der Waals surface area contributed by atoms with E-state index in [9.17, 15) is 0 Å². The summed E-state index contributed by atoms with van der Waals surface area (Å²) >= 11 is 3.96.